The van der Waals surface area contributed by atoms with Gasteiger partial charge in [-0.2, -0.15) is 0 Å². The molecule has 0 aliphatic carbocycles. The maximum absolute atomic E-state index is 11.4. The predicted molar refractivity (Wildman–Crippen MR) is 83.0 cm³/mol. The molecule has 0 aromatic rings. The highest BCUT2D eigenvalue weighted by molar-refractivity contribution is 5.78. The largest absolute Gasteiger partial charge is 0.480 e. The van der Waals surface area contributed by atoms with Gasteiger partial charge in [-0.05, 0) is 59.3 Å². The van der Waals surface area contributed by atoms with Gasteiger partial charge in [0.25, 0.3) is 0 Å². The van der Waals surface area contributed by atoms with Crippen LogP contribution in [0.2, 0.25) is 0 Å². The van der Waals surface area contributed by atoms with Gasteiger partial charge in [0.1, 0.15) is 5.54 Å². The van der Waals surface area contributed by atoms with Crippen molar-refractivity contribution in [3.05, 3.63) is 0 Å². The van der Waals surface area contributed by atoms with Crippen molar-refractivity contribution in [1.29, 1.82) is 0 Å². The van der Waals surface area contributed by atoms with Crippen molar-refractivity contribution in [2.45, 2.75) is 84.9 Å². The molecule has 120 valence electrons. The number of ether oxygens (including phenoxy) is 1. The molecule has 2 N–H and O–H groups in total. The minimum absolute atomic E-state index is 0.165. The molecule has 0 rings (SSSR count). The van der Waals surface area contributed by atoms with E-state index in [1.807, 2.05) is 13.8 Å². The molecule has 0 aromatic carbocycles. The van der Waals surface area contributed by atoms with Gasteiger partial charge in [0, 0.05) is 12.6 Å². The molecule has 0 radical (unpaired) electrons. The van der Waals surface area contributed by atoms with Gasteiger partial charge in [-0.25, -0.2) is 0 Å². The van der Waals surface area contributed by atoms with Crippen molar-refractivity contribution < 1.29 is 14.6 Å². The van der Waals surface area contributed by atoms with E-state index in [2.05, 4.69) is 26.1 Å². The van der Waals surface area contributed by atoms with Crippen molar-refractivity contribution in [1.82, 2.24) is 5.32 Å². The van der Waals surface area contributed by atoms with Gasteiger partial charge in [-0.1, -0.05) is 13.8 Å². The van der Waals surface area contributed by atoms with Gasteiger partial charge in [-0.3, -0.25) is 10.1 Å². The molecule has 0 bridgehead atoms. The number of carboxylic acid groups (broad SMARTS) is 1. The first kappa shape index (κ1) is 19.4. The zero-order valence-electron chi connectivity index (χ0n) is 14.0. The number of aliphatic carboxylic acids is 1. The fourth-order valence-electron chi connectivity index (χ4n) is 2.48. The first-order valence-corrected chi connectivity index (χ1v) is 7.80. The number of nitrogens with one attached hydrogen (secondary N) is 1. The van der Waals surface area contributed by atoms with Gasteiger partial charge in [-0.15, -0.1) is 0 Å². The SMILES string of the molecule is CC(C)CC(C)OCCCCC(C)(NC(C)C)C(=O)O. The summed E-state index contributed by atoms with van der Waals surface area (Å²) in [7, 11) is 0. The highest BCUT2D eigenvalue weighted by Crippen LogP contribution is 2.16. The van der Waals surface area contributed by atoms with Gasteiger partial charge in [0.05, 0.1) is 6.10 Å². The monoisotopic (exact) mass is 287 g/mol. The van der Waals surface area contributed by atoms with Crippen LogP contribution in [0, 0.1) is 5.92 Å². The van der Waals surface area contributed by atoms with E-state index in [0.29, 0.717) is 18.9 Å². The number of hydrogen-bond donors (Lipinski definition) is 2. The van der Waals surface area contributed by atoms with Gasteiger partial charge >= 0.3 is 5.97 Å². The van der Waals surface area contributed by atoms with Crippen LogP contribution in [0.25, 0.3) is 0 Å². The lowest BCUT2D eigenvalue weighted by Crippen LogP contribution is -2.52. The maximum atomic E-state index is 11.4. The van der Waals surface area contributed by atoms with Crippen molar-refractivity contribution in [2.75, 3.05) is 6.61 Å². The van der Waals surface area contributed by atoms with E-state index in [4.69, 9.17) is 4.74 Å². The number of carbonyl (C=O) groups is 1. The molecule has 0 aliphatic heterocycles. The molecule has 2 unspecified atom stereocenters. The summed E-state index contributed by atoms with van der Waals surface area (Å²) in [6.45, 7) is 12.9. The van der Waals surface area contributed by atoms with Crippen LogP contribution in [0.15, 0.2) is 0 Å². The van der Waals surface area contributed by atoms with Crippen molar-refractivity contribution in [2.24, 2.45) is 5.92 Å². The summed E-state index contributed by atoms with van der Waals surface area (Å²) in [6.07, 6.45) is 3.75. The number of unbranched alkanes of at least 4 members (excludes halogenated alkanes) is 1. The van der Waals surface area contributed by atoms with E-state index in [0.717, 1.165) is 19.3 Å². The fraction of sp³-hybridized carbons (Fsp3) is 0.938. The topological polar surface area (TPSA) is 58.6 Å². The van der Waals surface area contributed by atoms with Crippen LogP contribution >= 0.6 is 0 Å². The Kier molecular flexibility index (Phi) is 9.06. The van der Waals surface area contributed by atoms with Crippen molar-refractivity contribution in [3.8, 4) is 0 Å². The summed E-state index contributed by atoms with van der Waals surface area (Å²) in [5.74, 6) is -0.129. The van der Waals surface area contributed by atoms with Crippen LogP contribution in [0.4, 0.5) is 0 Å². The summed E-state index contributed by atoms with van der Waals surface area (Å²) in [5, 5.41) is 12.5. The lowest BCUT2D eigenvalue weighted by Gasteiger charge is -2.28. The van der Waals surface area contributed by atoms with E-state index >= 15 is 0 Å². The Balaban J connectivity index is 3.93. The molecule has 4 heteroatoms. The predicted octanol–water partition coefficient (Wildman–Crippen LogP) is 3.45. The molecule has 0 fully saturated rings. The first-order valence-electron chi connectivity index (χ1n) is 7.80. The van der Waals surface area contributed by atoms with Crippen molar-refractivity contribution in [3.63, 3.8) is 0 Å². The summed E-state index contributed by atoms with van der Waals surface area (Å²) in [6, 6.07) is 0.165. The van der Waals surface area contributed by atoms with E-state index in [1.54, 1.807) is 6.92 Å². The van der Waals surface area contributed by atoms with E-state index in [1.165, 1.54) is 0 Å². The number of hydrogen-bond acceptors (Lipinski definition) is 3. The zero-order valence-corrected chi connectivity index (χ0v) is 14.0. The van der Waals surface area contributed by atoms with Crippen LogP contribution < -0.4 is 5.32 Å². The van der Waals surface area contributed by atoms with E-state index < -0.39 is 11.5 Å². The summed E-state index contributed by atoms with van der Waals surface area (Å²) in [4.78, 5) is 11.4. The Labute approximate surface area is 124 Å². The maximum Gasteiger partial charge on any atom is 0.323 e. The first-order chi connectivity index (χ1) is 9.17. The van der Waals surface area contributed by atoms with E-state index in [-0.39, 0.29) is 12.1 Å². The second-order valence-electron chi connectivity index (χ2n) is 6.70. The lowest BCUT2D eigenvalue weighted by atomic mass is 9.94. The molecule has 20 heavy (non-hydrogen) atoms. The standard InChI is InChI=1S/C16H33NO3/c1-12(2)11-14(5)20-10-8-7-9-16(6,15(18)19)17-13(3)4/h12-14,17H,7-11H2,1-6H3,(H,18,19). The summed E-state index contributed by atoms with van der Waals surface area (Å²) < 4.78 is 5.74. The van der Waals surface area contributed by atoms with Crippen LogP contribution in [0.1, 0.15) is 67.2 Å². The highest BCUT2D eigenvalue weighted by atomic mass is 16.5. The average Bonchev–Trinajstić information content (AvgIpc) is 2.26. The molecule has 2 atom stereocenters. The average molecular weight is 287 g/mol. The molecular weight excluding hydrogens is 254 g/mol. The third-order valence-corrected chi connectivity index (χ3v) is 3.36. The van der Waals surface area contributed by atoms with Gasteiger partial charge < -0.3 is 9.84 Å². The van der Waals surface area contributed by atoms with Crippen LogP contribution in [0.5, 0.6) is 0 Å². The lowest BCUT2D eigenvalue weighted by molar-refractivity contribution is -0.144. The quantitative estimate of drug-likeness (QED) is 0.571. The molecule has 4 nitrogen and oxygen atoms in total. The van der Waals surface area contributed by atoms with Gasteiger partial charge in [0.15, 0.2) is 0 Å². The fourth-order valence-corrected chi connectivity index (χ4v) is 2.48. The number of rotatable bonds is 11. The molecule has 0 amide bonds. The molecule has 0 saturated carbocycles. The molecule has 0 aromatic heterocycles. The Bertz CT molecular complexity index is 279. The van der Waals surface area contributed by atoms with E-state index in [9.17, 15) is 9.90 Å². The third-order valence-electron chi connectivity index (χ3n) is 3.36. The minimum atomic E-state index is -0.836. The second-order valence-corrected chi connectivity index (χ2v) is 6.70. The Morgan fingerprint density at radius 3 is 2.25 bits per heavy atom. The normalized spacial score (nSPS) is 16.4. The summed E-state index contributed by atoms with van der Waals surface area (Å²) in [5.41, 5.74) is -0.836. The molecule has 0 heterocycles. The Morgan fingerprint density at radius 2 is 1.80 bits per heavy atom. The zero-order chi connectivity index (χ0) is 15.8. The van der Waals surface area contributed by atoms with Gasteiger partial charge in [0.2, 0.25) is 0 Å². The Hall–Kier alpha value is -0.610. The van der Waals surface area contributed by atoms with Crippen LogP contribution in [-0.4, -0.2) is 35.4 Å². The van der Waals surface area contributed by atoms with Crippen molar-refractivity contribution >= 4 is 5.97 Å². The molecule has 0 aliphatic rings. The van der Waals surface area contributed by atoms with Crippen LogP contribution in [-0.2, 0) is 9.53 Å². The molecular formula is C16H33NO3. The molecule has 0 spiro atoms. The highest BCUT2D eigenvalue weighted by Gasteiger charge is 2.32. The van der Waals surface area contributed by atoms with Crippen LogP contribution in [0.3, 0.4) is 0 Å². The smallest absolute Gasteiger partial charge is 0.323 e. The Morgan fingerprint density at radius 1 is 1.20 bits per heavy atom. The molecule has 0 saturated heterocycles. The number of carboxylic acids is 1. The minimum Gasteiger partial charge on any atom is -0.480 e. The summed E-state index contributed by atoms with van der Waals surface area (Å²) >= 11 is 0. The third kappa shape index (κ3) is 8.54. The second kappa shape index (κ2) is 9.35.